The molecule has 0 aliphatic rings. The minimum absolute atomic E-state index is 0.221. The number of aromatic nitrogens is 5. The largest absolute Gasteiger partial charge is 0.350 e. The lowest BCUT2D eigenvalue weighted by Crippen LogP contribution is -2.32. The maximum absolute atomic E-state index is 12.4. The van der Waals surface area contributed by atoms with E-state index < -0.39 is 0 Å². The molecule has 4 rings (SSSR count). The molecule has 0 aliphatic carbocycles. The SMILES string of the molecule is Cc1nc2ccc(C(=O)NCCn3nnc4ccccc4c3=O)cc2[nH]1. The van der Waals surface area contributed by atoms with Gasteiger partial charge in [-0.3, -0.25) is 9.59 Å². The molecule has 26 heavy (non-hydrogen) atoms. The number of hydrogen-bond donors (Lipinski definition) is 2. The van der Waals surface area contributed by atoms with Gasteiger partial charge in [-0.05, 0) is 37.3 Å². The number of imidazole rings is 1. The first kappa shape index (κ1) is 15.9. The Kier molecular flexibility index (Phi) is 3.92. The van der Waals surface area contributed by atoms with Gasteiger partial charge in [0.05, 0.1) is 23.0 Å². The van der Waals surface area contributed by atoms with Crippen LogP contribution in [-0.4, -0.2) is 37.4 Å². The second kappa shape index (κ2) is 6.40. The van der Waals surface area contributed by atoms with Gasteiger partial charge in [-0.15, -0.1) is 5.10 Å². The highest BCUT2D eigenvalue weighted by molar-refractivity contribution is 5.97. The van der Waals surface area contributed by atoms with E-state index >= 15 is 0 Å². The Morgan fingerprint density at radius 2 is 2.04 bits per heavy atom. The lowest BCUT2D eigenvalue weighted by molar-refractivity contribution is 0.0951. The molecule has 0 spiro atoms. The molecule has 0 atom stereocenters. The lowest BCUT2D eigenvalue weighted by Gasteiger charge is -2.07. The number of amides is 1. The summed E-state index contributed by atoms with van der Waals surface area (Å²) in [6.45, 7) is 2.38. The molecule has 0 unspecified atom stereocenters. The van der Waals surface area contributed by atoms with Crippen molar-refractivity contribution in [3.63, 3.8) is 0 Å². The standard InChI is InChI=1S/C18H16N6O2/c1-11-20-15-7-6-12(10-16(15)21-11)17(25)19-8-9-24-18(26)13-4-2-3-5-14(13)22-23-24/h2-7,10H,8-9H2,1H3,(H,19,25)(H,20,21). The Labute approximate surface area is 147 Å². The Hall–Kier alpha value is -3.55. The smallest absolute Gasteiger partial charge is 0.277 e. The third-order valence-corrected chi connectivity index (χ3v) is 4.10. The van der Waals surface area contributed by atoms with Gasteiger partial charge in [0.15, 0.2) is 0 Å². The van der Waals surface area contributed by atoms with Crippen molar-refractivity contribution < 1.29 is 4.79 Å². The Morgan fingerprint density at radius 1 is 1.19 bits per heavy atom. The molecule has 2 heterocycles. The monoisotopic (exact) mass is 348 g/mol. The molecule has 2 N–H and O–H groups in total. The number of carbonyl (C=O) groups excluding carboxylic acids is 1. The highest BCUT2D eigenvalue weighted by Gasteiger charge is 2.09. The highest BCUT2D eigenvalue weighted by atomic mass is 16.2. The molecule has 0 bridgehead atoms. The predicted molar refractivity (Wildman–Crippen MR) is 97.0 cm³/mol. The number of aromatic amines is 1. The van der Waals surface area contributed by atoms with E-state index in [0.29, 0.717) is 16.5 Å². The van der Waals surface area contributed by atoms with E-state index in [2.05, 4.69) is 25.6 Å². The van der Waals surface area contributed by atoms with Crippen molar-refractivity contribution >= 4 is 27.8 Å². The van der Waals surface area contributed by atoms with Crippen LogP contribution < -0.4 is 10.9 Å². The van der Waals surface area contributed by atoms with E-state index in [4.69, 9.17) is 0 Å². The van der Waals surface area contributed by atoms with Gasteiger partial charge in [0, 0.05) is 12.1 Å². The van der Waals surface area contributed by atoms with Crippen molar-refractivity contribution in [3.8, 4) is 0 Å². The van der Waals surface area contributed by atoms with Crippen LogP contribution >= 0.6 is 0 Å². The van der Waals surface area contributed by atoms with Crippen LogP contribution in [0.3, 0.4) is 0 Å². The quantitative estimate of drug-likeness (QED) is 0.580. The van der Waals surface area contributed by atoms with Crippen LogP contribution in [0.15, 0.2) is 47.3 Å². The van der Waals surface area contributed by atoms with Crippen LogP contribution in [0.5, 0.6) is 0 Å². The van der Waals surface area contributed by atoms with Gasteiger partial charge in [-0.2, -0.15) is 0 Å². The number of hydrogen-bond acceptors (Lipinski definition) is 5. The van der Waals surface area contributed by atoms with Crippen molar-refractivity contribution in [1.29, 1.82) is 0 Å². The van der Waals surface area contributed by atoms with Crippen LogP contribution in [0.1, 0.15) is 16.2 Å². The van der Waals surface area contributed by atoms with Gasteiger partial charge in [0.1, 0.15) is 11.3 Å². The zero-order valence-electron chi connectivity index (χ0n) is 14.1. The van der Waals surface area contributed by atoms with Crippen molar-refractivity contribution in [2.24, 2.45) is 0 Å². The summed E-state index contributed by atoms with van der Waals surface area (Å²) in [4.78, 5) is 32.1. The van der Waals surface area contributed by atoms with Gasteiger partial charge < -0.3 is 10.3 Å². The number of aryl methyl sites for hydroxylation is 1. The maximum Gasteiger partial charge on any atom is 0.277 e. The average Bonchev–Trinajstić information content (AvgIpc) is 3.03. The van der Waals surface area contributed by atoms with E-state index in [9.17, 15) is 9.59 Å². The molecule has 0 fully saturated rings. The third kappa shape index (κ3) is 2.92. The van der Waals surface area contributed by atoms with Crippen LogP contribution in [0.25, 0.3) is 21.9 Å². The number of rotatable bonds is 4. The van der Waals surface area contributed by atoms with Crippen molar-refractivity contribution in [2.45, 2.75) is 13.5 Å². The fourth-order valence-corrected chi connectivity index (χ4v) is 2.83. The second-order valence-corrected chi connectivity index (χ2v) is 5.94. The zero-order valence-corrected chi connectivity index (χ0v) is 14.1. The highest BCUT2D eigenvalue weighted by Crippen LogP contribution is 2.13. The molecule has 0 saturated heterocycles. The molecule has 8 heteroatoms. The molecule has 2 aromatic heterocycles. The summed E-state index contributed by atoms with van der Waals surface area (Å²) in [5.74, 6) is 0.577. The molecule has 0 radical (unpaired) electrons. The summed E-state index contributed by atoms with van der Waals surface area (Å²) < 4.78 is 1.25. The van der Waals surface area contributed by atoms with Crippen LogP contribution in [0, 0.1) is 6.92 Å². The van der Waals surface area contributed by atoms with Crippen LogP contribution in [0.2, 0.25) is 0 Å². The van der Waals surface area contributed by atoms with E-state index in [1.807, 2.05) is 6.92 Å². The van der Waals surface area contributed by atoms with Crippen molar-refractivity contribution in [2.75, 3.05) is 6.54 Å². The third-order valence-electron chi connectivity index (χ3n) is 4.10. The number of carbonyl (C=O) groups is 1. The average molecular weight is 348 g/mol. The Morgan fingerprint density at radius 3 is 2.92 bits per heavy atom. The summed E-state index contributed by atoms with van der Waals surface area (Å²) in [5, 5.41) is 11.2. The first-order valence-electron chi connectivity index (χ1n) is 8.19. The number of fused-ring (bicyclic) bond motifs is 2. The Balaban J connectivity index is 1.46. The van der Waals surface area contributed by atoms with Gasteiger partial charge in [0.25, 0.3) is 11.5 Å². The summed E-state index contributed by atoms with van der Waals surface area (Å²) in [5.41, 5.74) is 2.49. The van der Waals surface area contributed by atoms with E-state index in [1.54, 1.807) is 42.5 Å². The Bertz CT molecular complexity index is 1180. The topological polar surface area (TPSA) is 106 Å². The van der Waals surface area contributed by atoms with E-state index in [-0.39, 0.29) is 24.6 Å². The predicted octanol–water partition coefficient (Wildman–Crippen LogP) is 1.41. The minimum Gasteiger partial charge on any atom is -0.350 e. The summed E-state index contributed by atoms with van der Waals surface area (Å²) in [6.07, 6.45) is 0. The van der Waals surface area contributed by atoms with Gasteiger partial charge >= 0.3 is 0 Å². The van der Waals surface area contributed by atoms with E-state index in [0.717, 1.165) is 16.9 Å². The second-order valence-electron chi connectivity index (χ2n) is 5.94. The lowest BCUT2D eigenvalue weighted by atomic mass is 10.2. The maximum atomic E-state index is 12.4. The molecule has 1 amide bonds. The normalized spacial score (nSPS) is 11.1. The zero-order chi connectivity index (χ0) is 18.1. The van der Waals surface area contributed by atoms with Crippen LogP contribution in [-0.2, 0) is 6.54 Å². The first-order valence-corrected chi connectivity index (χ1v) is 8.19. The number of nitrogens with one attached hydrogen (secondary N) is 2. The fraction of sp³-hybridized carbons (Fsp3) is 0.167. The molecular weight excluding hydrogens is 332 g/mol. The number of benzene rings is 2. The summed E-state index contributed by atoms with van der Waals surface area (Å²) in [7, 11) is 0. The molecule has 130 valence electrons. The molecule has 4 aromatic rings. The van der Waals surface area contributed by atoms with Gasteiger partial charge in [-0.1, -0.05) is 17.3 Å². The van der Waals surface area contributed by atoms with Gasteiger partial charge in [0.2, 0.25) is 0 Å². The number of H-pyrrole nitrogens is 1. The summed E-state index contributed by atoms with van der Waals surface area (Å²) in [6, 6.07) is 12.3. The molecule has 2 aromatic carbocycles. The van der Waals surface area contributed by atoms with Crippen LogP contribution in [0.4, 0.5) is 0 Å². The van der Waals surface area contributed by atoms with Crippen molar-refractivity contribution in [3.05, 3.63) is 64.2 Å². The minimum atomic E-state index is -0.223. The first-order chi connectivity index (χ1) is 12.6. The molecule has 0 saturated carbocycles. The van der Waals surface area contributed by atoms with Crippen molar-refractivity contribution in [1.82, 2.24) is 30.3 Å². The molecule has 8 nitrogen and oxygen atoms in total. The van der Waals surface area contributed by atoms with E-state index in [1.165, 1.54) is 4.68 Å². The molecular formula is C18H16N6O2. The fourth-order valence-electron chi connectivity index (χ4n) is 2.83. The molecule has 0 aliphatic heterocycles. The summed E-state index contributed by atoms with van der Waals surface area (Å²) >= 11 is 0. The van der Waals surface area contributed by atoms with Gasteiger partial charge in [-0.25, -0.2) is 9.67 Å². The number of nitrogens with zero attached hydrogens (tertiary/aromatic N) is 4.